The Bertz CT molecular complexity index is 1040. The maximum atomic E-state index is 13.0. The smallest absolute Gasteiger partial charge is 0.233 e. The van der Waals surface area contributed by atoms with Crippen molar-refractivity contribution in [3.63, 3.8) is 0 Å². The molecule has 7 nitrogen and oxygen atoms in total. The molecule has 0 bridgehead atoms. The first-order valence-corrected chi connectivity index (χ1v) is 12.7. The highest BCUT2D eigenvalue weighted by molar-refractivity contribution is 7.99. The van der Waals surface area contributed by atoms with Crippen LogP contribution in [-0.4, -0.2) is 70.6 Å². The van der Waals surface area contributed by atoms with Gasteiger partial charge in [-0.3, -0.25) is 9.36 Å². The van der Waals surface area contributed by atoms with Crippen LogP contribution in [0.25, 0.3) is 5.69 Å². The predicted molar refractivity (Wildman–Crippen MR) is 133 cm³/mol. The lowest BCUT2D eigenvalue weighted by atomic mass is 10.1. The maximum Gasteiger partial charge on any atom is 0.233 e. The van der Waals surface area contributed by atoms with E-state index in [1.54, 1.807) is 0 Å². The molecule has 0 atom stereocenters. The van der Waals surface area contributed by atoms with Crippen molar-refractivity contribution in [2.75, 3.05) is 54.8 Å². The summed E-state index contributed by atoms with van der Waals surface area (Å²) in [5.41, 5.74) is 2.26. The molecule has 2 aromatic carbocycles. The third-order valence-corrected chi connectivity index (χ3v) is 7.26. The van der Waals surface area contributed by atoms with Gasteiger partial charge in [0.15, 0.2) is 5.16 Å². The highest BCUT2D eigenvalue weighted by Crippen LogP contribution is 2.28. The van der Waals surface area contributed by atoms with Gasteiger partial charge in [-0.05, 0) is 43.5 Å². The van der Waals surface area contributed by atoms with Gasteiger partial charge in [0.1, 0.15) is 0 Å². The maximum absolute atomic E-state index is 13.0. The number of carbonyl (C=O) groups is 1. The number of nitrogens with zero attached hydrogens (tertiary/aromatic N) is 6. The number of carbonyl (C=O) groups excluding carboxylic acids is 1. The molecule has 2 fully saturated rings. The second kappa shape index (κ2) is 10.3. The third-order valence-electron chi connectivity index (χ3n) is 6.35. The van der Waals surface area contributed by atoms with Gasteiger partial charge in [0.25, 0.3) is 0 Å². The summed E-state index contributed by atoms with van der Waals surface area (Å²) in [6.07, 6.45) is 3.62. The first-order valence-electron chi connectivity index (χ1n) is 11.8. The SMILES string of the molecule is O=C(CSc1nnc(N2CCCCC2)n1-c1ccccc1)N1CCN(c2ccccc2)CC1. The van der Waals surface area contributed by atoms with Crippen LogP contribution in [0.2, 0.25) is 0 Å². The average molecular weight is 463 g/mol. The molecule has 0 spiro atoms. The standard InChI is InChI=1S/C25H30N6OS/c32-23(29-18-16-28(17-19-29)21-10-4-1-5-11-21)20-33-25-27-26-24(30-14-8-3-9-15-30)31(25)22-12-6-2-7-13-22/h1-2,4-7,10-13H,3,8-9,14-20H2. The fourth-order valence-corrected chi connectivity index (χ4v) is 5.38. The van der Waals surface area contributed by atoms with Crippen molar-refractivity contribution in [2.45, 2.75) is 24.4 Å². The Morgan fingerprint density at radius 2 is 1.36 bits per heavy atom. The number of rotatable bonds is 6. The van der Waals surface area contributed by atoms with Gasteiger partial charge in [0.05, 0.1) is 11.4 Å². The quantitative estimate of drug-likeness (QED) is 0.521. The second-order valence-corrected chi connectivity index (χ2v) is 9.44. The zero-order chi connectivity index (χ0) is 22.5. The number of aromatic nitrogens is 3. The van der Waals surface area contributed by atoms with Crippen LogP contribution < -0.4 is 9.80 Å². The molecule has 1 aromatic heterocycles. The van der Waals surface area contributed by atoms with Crippen LogP contribution >= 0.6 is 11.8 Å². The monoisotopic (exact) mass is 462 g/mol. The fraction of sp³-hybridized carbons (Fsp3) is 0.400. The summed E-state index contributed by atoms with van der Waals surface area (Å²) in [5.74, 6) is 1.42. The number of thioether (sulfide) groups is 1. The number of para-hydroxylation sites is 2. The van der Waals surface area contributed by atoms with Crippen molar-refractivity contribution in [3.8, 4) is 5.69 Å². The molecule has 1 amide bonds. The summed E-state index contributed by atoms with van der Waals surface area (Å²) in [5, 5.41) is 9.80. The van der Waals surface area contributed by atoms with E-state index in [-0.39, 0.29) is 5.91 Å². The molecule has 8 heteroatoms. The van der Waals surface area contributed by atoms with E-state index in [9.17, 15) is 4.79 Å². The first kappa shape index (κ1) is 21.8. The highest BCUT2D eigenvalue weighted by Gasteiger charge is 2.24. The summed E-state index contributed by atoms with van der Waals surface area (Å²) in [7, 11) is 0. The average Bonchev–Trinajstić information content (AvgIpc) is 3.33. The Morgan fingerprint density at radius 1 is 0.727 bits per heavy atom. The predicted octanol–water partition coefficient (Wildman–Crippen LogP) is 3.70. The van der Waals surface area contributed by atoms with Crippen molar-refractivity contribution in [1.29, 1.82) is 0 Å². The van der Waals surface area contributed by atoms with Crippen LogP contribution in [-0.2, 0) is 4.79 Å². The van der Waals surface area contributed by atoms with Gasteiger partial charge >= 0.3 is 0 Å². The Balaban J connectivity index is 1.25. The first-order chi connectivity index (χ1) is 16.3. The van der Waals surface area contributed by atoms with E-state index in [0.717, 1.165) is 56.1 Å². The topological polar surface area (TPSA) is 57.5 Å². The molecule has 0 unspecified atom stereocenters. The number of piperazine rings is 1. The molecule has 2 saturated heterocycles. The minimum Gasteiger partial charge on any atom is -0.368 e. The molecule has 0 N–H and O–H groups in total. The zero-order valence-corrected chi connectivity index (χ0v) is 19.7. The summed E-state index contributed by atoms with van der Waals surface area (Å²) in [6, 6.07) is 20.6. The second-order valence-electron chi connectivity index (χ2n) is 8.49. The Labute approximate surface area is 199 Å². The van der Waals surface area contributed by atoms with Crippen molar-refractivity contribution < 1.29 is 4.79 Å². The number of anilines is 2. The fourth-order valence-electron chi connectivity index (χ4n) is 4.53. The molecule has 5 rings (SSSR count). The molecule has 172 valence electrons. The summed E-state index contributed by atoms with van der Waals surface area (Å²) in [6.45, 7) is 5.22. The normalized spacial score (nSPS) is 16.8. The van der Waals surface area contributed by atoms with Gasteiger partial charge in [-0.15, -0.1) is 10.2 Å². The minimum atomic E-state index is 0.162. The van der Waals surface area contributed by atoms with E-state index in [4.69, 9.17) is 0 Å². The number of piperidine rings is 1. The van der Waals surface area contributed by atoms with E-state index in [1.165, 1.54) is 36.7 Å². The van der Waals surface area contributed by atoms with Gasteiger partial charge in [0, 0.05) is 45.0 Å². The van der Waals surface area contributed by atoms with Crippen LogP contribution in [0.4, 0.5) is 11.6 Å². The Morgan fingerprint density at radius 3 is 2.03 bits per heavy atom. The Kier molecular flexibility index (Phi) is 6.81. The van der Waals surface area contributed by atoms with Gasteiger partial charge in [0.2, 0.25) is 11.9 Å². The van der Waals surface area contributed by atoms with Crippen LogP contribution in [0.3, 0.4) is 0 Å². The number of benzene rings is 2. The van der Waals surface area contributed by atoms with E-state index < -0.39 is 0 Å². The highest BCUT2D eigenvalue weighted by atomic mass is 32.2. The number of hydrogen-bond donors (Lipinski definition) is 0. The van der Waals surface area contributed by atoms with Crippen LogP contribution in [0.15, 0.2) is 65.8 Å². The molecule has 3 heterocycles. The van der Waals surface area contributed by atoms with Crippen molar-refractivity contribution in [3.05, 3.63) is 60.7 Å². The van der Waals surface area contributed by atoms with Crippen molar-refractivity contribution in [1.82, 2.24) is 19.7 Å². The molecular weight excluding hydrogens is 432 g/mol. The summed E-state index contributed by atoms with van der Waals surface area (Å²) >= 11 is 1.48. The molecule has 0 aliphatic carbocycles. The molecule has 3 aromatic rings. The van der Waals surface area contributed by atoms with Crippen LogP contribution in [0, 0.1) is 0 Å². The number of amides is 1. The lowest BCUT2D eigenvalue weighted by Gasteiger charge is -2.36. The largest absolute Gasteiger partial charge is 0.368 e. The minimum absolute atomic E-state index is 0.162. The van der Waals surface area contributed by atoms with Gasteiger partial charge in [-0.1, -0.05) is 48.2 Å². The van der Waals surface area contributed by atoms with E-state index in [0.29, 0.717) is 5.75 Å². The van der Waals surface area contributed by atoms with Crippen LogP contribution in [0.5, 0.6) is 0 Å². The molecule has 2 aliphatic rings. The van der Waals surface area contributed by atoms with E-state index in [2.05, 4.69) is 61.0 Å². The van der Waals surface area contributed by atoms with Crippen molar-refractivity contribution in [2.24, 2.45) is 0 Å². The van der Waals surface area contributed by atoms with Gasteiger partial charge in [-0.2, -0.15) is 0 Å². The van der Waals surface area contributed by atoms with E-state index >= 15 is 0 Å². The Hall–Kier alpha value is -3.00. The van der Waals surface area contributed by atoms with Crippen LogP contribution in [0.1, 0.15) is 19.3 Å². The van der Waals surface area contributed by atoms with Crippen molar-refractivity contribution >= 4 is 29.3 Å². The number of hydrogen-bond acceptors (Lipinski definition) is 6. The molecular formula is C25H30N6OS. The molecule has 0 radical (unpaired) electrons. The third kappa shape index (κ3) is 5.00. The molecule has 33 heavy (non-hydrogen) atoms. The lowest BCUT2D eigenvalue weighted by molar-refractivity contribution is -0.128. The van der Waals surface area contributed by atoms with Gasteiger partial charge in [-0.25, -0.2) is 0 Å². The molecule has 2 aliphatic heterocycles. The lowest BCUT2D eigenvalue weighted by Crippen LogP contribution is -2.49. The van der Waals surface area contributed by atoms with E-state index in [1.807, 2.05) is 29.2 Å². The summed E-state index contributed by atoms with van der Waals surface area (Å²) in [4.78, 5) is 19.6. The zero-order valence-electron chi connectivity index (χ0n) is 18.8. The summed E-state index contributed by atoms with van der Waals surface area (Å²) < 4.78 is 2.11. The molecule has 0 saturated carbocycles. The van der Waals surface area contributed by atoms with Gasteiger partial charge < -0.3 is 14.7 Å².